The predicted octanol–water partition coefficient (Wildman–Crippen LogP) is 2.26. The van der Waals surface area contributed by atoms with Gasteiger partial charge in [0.05, 0.1) is 28.8 Å². The Hall–Kier alpha value is -1.70. The van der Waals surface area contributed by atoms with Crippen LogP contribution in [0, 0.1) is 5.41 Å². The minimum absolute atomic E-state index is 0.0339. The van der Waals surface area contributed by atoms with Crippen molar-refractivity contribution in [3.63, 3.8) is 0 Å². The van der Waals surface area contributed by atoms with Gasteiger partial charge >= 0.3 is 0 Å². The molecule has 1 aliphatic heterocycles. The van der Waals surface area contributed by atoms with Crippen molar-refractivity contribution < 1.29 is 14.3 Å². The van der Waals surface area contributed by atoms with Crippen LogP contribution in [0.4, 0.5) is 5.13 Å². The smallest absolute Gasteiger partial charge is 0.236 e. The Morgan fingerprint density at radius 3 is 3.09 bits per heavy atom. The van der Waals surface area contributed by atoms with Crippen molar-refractivity contribution in [1.82, 2.24) is 10.3 Å². The first-order valence-electron chi connectivity index (χ1n) is 7.71. The molecule has 0 bridgehead atoms. The Morgan fingerprint density at radius 2 is 2.39 bits per heavy atom. The second-order valence-corrected chi connectivity index (χ2v) is 6.71. The quantitative estimate of drug-likeness (QED) is 0.847. The van der Waals surface area contributed by atoms with Gasteiger partial charge in [0, 0.05) is 13.7 Å². The van der Waals surface area contributed by atoms with Crippen LogP contribution in [-0.4, -0.2) is 44.3 Å². The first-order valence-corrected chi connectivity index (χ1v) is 8.53. The predicted molar refractivity (Wildman–Crippen MR) is 91.2 cm³/mol. The molecule has 1 unspecified atom stereocenters. The largest absolute Gasteiger partial charge is 0.494 e. The second-order valence-electron chi connectivity index (χ2n) is 5.68. The molecular formula is C16H21N3O3S. The van der Waals surface area contributed by atoms with Crippen LogP contribution < -0.4 is 15.4 Å². The van der Waals surface area contributed by atoms with Gasteiger partial charge in [-0.25, -0.2) is 4.98 Å². The first-order chi connectivity index (χ1) is 11.2. The normalized spacial score (nSPS) is 20.8. The summed E-state index contributed by atoms with van der Waals surface area (Å²) < 4.78 is 11.8. The number of amides is 1. The fourth-order valence-corrected chi connectivity index (χ4v) is 3.74. The molecule has 1 amide bonds. The molecule has 2 aromatic rings. The molecule has 1 saturated heterocycles. The number of carbonyl (C=O) groups excluding carboxylic acids is 1. The summed E-state index contributed by atoms with van der Waals surface area (Å²) in [6, 6.07) is 5.76. The fraction of sp³-hybridized carbons (Fsp3) is 0.500. The number of hydrogen-bond acceptors (Lipinski definition) is 6. The van der Waals surface area contributed by atoms with Crippen LogP contribution >= 0.6 is 11.3 Å². The van der Waals surface area contributed by atoms with Crippen LogP contribution in [0.15, 0.2) is 18.2 Å². The highest BCUT2D eigenvalue weighted by Gasteiger charge is 2.41. The van der Waals surface area contributed by atoms with Crippen molar-refractivity contribution >= 4 is 32.6 Å². The van der Waals surface area contributed by atoms with Gasteiger partial charge in [-0.3, -0.25) is 4.79 Å². The standard InChI is InChI=1S/C16H21N3O3S/c1-3-22-11-4-5-12-13(8-11)23-15(18-12)19-14(20)16(10-21-2)6-7-17-9-16/h4-5,8,17H,3,6-7,9-10H2,1-2H3,(H,18,19,20). The van der Waals surface area contributed by atoms with E-state index in [0.29, 0.717) is 24.9 Å². The molecule has 124 valence electrons. The summed E-state index contributed by atoms with van der Waals surface area (Å²) in [5, 5.41) is 6.81. The van der Waals surface area contributed by atoms with Crippen LogP contribution in [0.2, 0.25) is 0 Å². The molecule has 1 fully saturated rings. The van der Waals surface area contributed by atoms with Gasteiger partial charge < -0.3 is 20.1 Å². The highest BCUT2D eigenvalue weighted by molar-refractivity contribution is 7.22. The molecule has 23 heavy (non-hydrogen) atoms. The zero-order valence-corrected chi connectivity index (χ0v) is 14.2. The van der Waals surface area contributed by atoms with E-state index in [-0.39, 0.29) is 5.91 Å². The summed E-state index contributed by atoms with van der Waals surface area (Å²) in [6.45, 7) is 4.44. The number of anilines is 1. The van der Waals surface area contributed by atoms with Crippen molar-refractivity contribution in [1.29, 1.82) is 0 Å². The van der Waals surface area contributed by atoms with Gasteiger partial charge in [-0.15, -0.1) is 0 Å². The Morgan fingerprint density at radius 1 is 1.52 bits per heavy atom. The summed E-state index contributed by atoms with van der Waals surface area (Å²) in [7, 11) is 1.63. The molecule has 1 aliphatic rings. The summed E-state index contributed by atoms with van der Waals surface area (Å²) >= 11 is 1.46. The SMILES string of the molecule is CCOc1ccc2nc(NC(=O)C3(COC)CCNC3)sc2c1. The Labute approximate surface area is 139 Å². The molecule has 2 N–H and O–H groups in total. The van der Waals surface area contributed by atoms with Crippen molar-refractivity contribution in [2.45, 2.75) is 13.3 Å². The number of hydrogen-bond donors (Lipinski definition) is 2. The van der Waals surface area contributed by atoms with Gasteiger partial charge in [-0.2, -0.15) is 0 Å². The van der Waals surface area contributed by atoms with E-state index in [2.05, 4.69) is 15.6 Å². The molecular weight excluding hydrogens is 314 g/mol. The van der Waals surface area contributed by atoms with E-state index in [1.54, 1.807) is 7.11 Å². The van der Waals surface area contributed by atoms with E-state index in [1.807, 2.05) is 25.1 Å². The average molecular weight is 335 g/mol. The average Bonchev–Trinajstić information content (AvgIpc) is 3.14. The first kappa shape index (κ1) is 16.2. The molecule has 3 rings (SSSR count). The third-order valence-electron chi connectivity index (χ3n) is 4.04. The van der Waals surface area contributed by atoms with E-state index in [1.165, 1.54) is 11.3 Å². The number of aromatic nitrogens is 1. The monoisotopic (exact) mass is 335 g/mol. The highest BCUT2D eigenvalue weighted by atomic mass is 32.1. The number of ether oxygens (including phenoxy) is 2. The Bertz CT molecular complexity index is 695. The third kappa shape index (κ3) is 3.31. The summed E-state index contributed by atoms with van der Waals surface area (Å²) in [5.74, 6) is 0.783. The lowest BCUT2D eigenvalue weighted by atomic mass is 9.87. The minimum atomic E-state index is -0.511. The maximum atomic E-state index is 12.7. The molecule has 0 aliphatic carbocycles. The zero-order valence-electron chi connectivity index (χ0n) is 13.3. The third-order valence-corrected chi connectivity index (χ3v) is 4.97. The van der Waals surface area contributed by atoms with Gasteiger partial charge in [0.2, 0.25) is 5.91 Å². The van der Waals surface area contributed by atoms with Crippen LogP contribution in [0.1, 0.15) is 13.3 Å². The van der Waals surface area contributed by atoms with Gasteiger partial charge in [0.1, 0.15) is 5.75 Å². The second kappa shape index (κ2) is 6.82. The number of nitrogens with zero attached hydrogens (tertiary/aromatic N) is 1. The number of carbonyl (C=O) groups is 1. The summed E-state index contributed by atoms with van der Waals surface area (Å²) in [5.41, 5.74) is 0.349. The van der Waals surface area contributed by atoms with Crippen LogP contribution in [0.25, 0.3) is 10.2 Å². The van der Waals surface area contributed by atoms with E-state index < -0.39 is 5.41 Å². The number of benzene rings is 1. The minimum Gasteiger partial charge on any atom is -0.494 e. The molecule has 6 nitrogen and oxygen atoms in total. The molecule has 2 heterocycles. The van der Waals surface area contributed by atoms with Gasteiger partial charge in [0.15, 0.2) is 5.13 Å². The lowest BCUT2D eigenvalue weighted by Crippen LogP contribution is -2.41. The molecule has 1 aromatic carbocycles. The Kier molecular flexibility index (Phi) is 4.79. The number of fused-ring (bicyclic) bond motifs is 1. The topological polar surface area (TPSA) is 72.5 Å². The number of methoxy groups -OCH3 is 1. The molecule has 0 spiro atoms. The zero-order chi connectivity index (χ0) is 16.3. The van der Waals surface area contributed by atoms with Crippen LogP contribution in [0.5, 0.6) is 5.75 Å². The van der Waals surface area contributed by atoms with Gasteiger partial charge in [0.25, 0.3) is 0 Å². The van der Waals surface area contributed by atoms with E-state index >= 15 is 0 Å². The van der Waals surface area contributed by atoms with Crippen molar-refractivity contribution in [3.05, 3.63) is 18.2 Å². The molecule has 7 heteroatoms. The van der Waals surface area contributed by atoms with Gasteiger partial charge in [-0.05, 0) is 38.1 Å². The van der Waals surface area contributed by atoms with Crippen LogP contribution in [-0.2, 0) is 9.53 Å². The summed E-state index contributed by atoms with van der Waals surface area (Å²) in [6.07, 6.45) is 0.770. The lowest BCUT2D eigenvalue weighted by molar-refractivity contribution is -0.127. The van der Waals surface area contributed by atoms with Crippen molar-refractivity contribution in [3.8, 4) is 5.75 Å². The maximum absolute atomic E-state index is 12.7. The number of rotatable bonds is 6. The van der Waals surface area contributed by atoms with Gasteiger partial charge in [-0.1, -0.05) is 11.3 Å². The number of thiazole rings is 1. The van der Waals surface area contributed by atoms with E-state index in [9.17, 15) is 4.79 Å². The molecule has 1 atom stereocenters. The van der Waals surface area contributed by atoms with Crippen molar-refractivity contribution in [2.75, 3.05) is 38.7 Å². The summed E-state index contributed by atoms with van der Waals surface area (Å²) in [4.78, 5) is 17.2. The van der Waals surface area contributed by atoms with Crippen LogP contribution in [0.3, 0.4) is 0 Å². The molecule has 1 aromatic heterocycles. The molecule has 0 radical (unpaired) electrons. The molecule has 0 saturated carbocycles. The lowest BCUT2D eigenvalue weighted by Gasteiger charge is -2.25. The Balaban J connectivity index is 1.79. The van der Waals surface area contributed by atoms with Crippen molar-refractivity contribution in [2.24, 2.45) is 5.41 Å². The number of nitrogens with one attached hydrogen (secondary N) is 2. The van der Waals surface area contributed by atoms with E-state index in [0.717, 1.165) is 28.9 Å². The fourth-order valence-electron chi connectivity index (χ4n) is 2.85. The maximum Gasteiger partial charge on any atom is 0.236 e. The highest BCUT2D eigenvalue weighted by Crippen LogP contribution is 2.32. The van der Waals surface area contributed by atoms with E-state index in [4.69, 9.17) is 9.47 Å².